The second kappa shape index (κ2) is 9.97. The molecule has 0 saturated carbocycles. The fraction of sp³-hybridized carbons (Fsp3) is 0.529. The minimum Gasteiger partial charge on any atom is -0.507 e. The second-order valence-corrected chi connectivity index (χ2v) is 5.27. The van der Waals surface area contributed by atoms with Crippen LogP contribution in [0.3, 0.4) is 0 Å². The summed E-state index contributed by atoms with van der Waals surface area (Å²) in [6.07, 6.45) is 7.46. The van der Waals surface area contributed by atoms with Gasteiger partial charge in [-0.15, -0.1) is 0 Å². The van der Waals surface area contributed by atoms with Gasteiger partial charge in [-0.05, 0) is 25.5 Å². The molecule has 1 amide bonds. The third-order valence-electron chi connectivity index (χ3n) is 3.40. The molecule has 1 aromatic carbocycles. The summed E-state index contributed by atoms with van der Waals surface area (Å²) in [5.74, 6) is 0.101. The normalized spacial score (nSPS) is 11.4. The van der Waals surface area contributed by atoms with Gasteiger partial charge in [0, 0.05) is 12.0 Å². The number of phenolic OH excluding ortho intramolecular Hbond substituents is 1. The van der Waals surface area contributed by atoms with Gasteiger partial charge in [-0.3, -0.25) is 4.79 Å². The highest BCUT2D eigenvalue weighted by Gasteiger charge is 2.04. The van der Waals surface area contributed by atoms with E-state index in [1.54, 1.807) is 25.1 Å². The molecule has 21 heavy (non-hydrogen) atoms. The molecular formula is C17H26N2O2. The minimum absolute atomic E-state index is 0.0692. The average Bonchev–Trinajstić information content (AvgIpc) is 2.49. The molecule has 116 valence electrons. The van der Waals surface area contributed by atoms with Gasteiger partial charge >= 0.3 is 0 Å². The van der Waals surface area contributed by atoms with Gasteiger partial charge in [0.25, 0.3) is 0 Å². The van der Waals surface area contributed by atoms with Crippen LogP contribution in [-0.4, -0.2) is 16.7 Å². The largest absolute Gasteiger partial charge is 0.507 e. The highest BCUT2D eigenvalue weighted by atomic mass is 16.3. The number of hydrazone groups is 1. The van der Waals surface area contributed by atoms with Gasteiger partial charge < -0.3 is 5.11 Å². The van der Waals surface area contributed by atoms with Crippen LogP contribution >= 0.6 is 0 Å². The second-order valence-electron chi connectivity index (χ2n) is 5.27. The highest BCUT2D eigenvalue weighted by Crippen LogP contribution is 2.16. The summed E-state index contributed by atoms with van der Waals surface area (Å²) < 4.78 is 0. The number of hydrogen-bond donors (Lipinski definition) is 2. The molecule has 1 aromatic rings. The zero-order valence-corrected chi connectivity index (χ0v) is 13.1. The van der Waals surface area contributed by atoms with E-state index in [4.69, 9.17) is 0 Å². The van der Waals surface area contributed by atoms with Crippen LogP contribution in [0.5, 0.6) is 5.75 Å². The molecule has 1 rings (SSSR count). The Bertz CT molecular complexity index is 470. The lowest BCUT2D eigenvalue weighted by Crippen LogP contribution is -2.18. The summed E-state index contributed by atoms with van der Waals surface area (Å²) in [4.78, 5) is 11.7. The van der Waals surface area contributed by atoms with Crippen molar-refractivity contribution in [3.8, 4) is 5.75 Å². The lowest BCUT2D eigenvalue weighted by atomic mass is 10.1. The smallest absolute Gasteiger partial charge is 0.240 e. The fourth-order valence-electron chi connectivity index (χ4n) is 2.11. The number of carbonyl (C=O) groups is 1. The summed E-state index contributed by atoms with van der Waals surface area (Å²) in [6.45, 7) is 3.96. The monoisotopic (exact) mass is 290 g/mol. The van der Waals surface area contributed by atoms with E-state index >= 15 is 0 Å². The predicted molar refractivity (Wildman–Crippen MR) is 86.5 cm³/mol. The number of nitrogens with one attached hydrogen (secondary N) is 1. The molecule has 4 heteroatoms. The number of amides is 1. The maximum absolute atomic E-state index is 11.7. The van der Waals surface area contributed by atoms with Crippen LogP contribution in [0, 0.1) is 0 Å². The molecule has 2 N–H and O–H groups in total. The van der Waals surface area contributed by atoms with E-state index in [9.17, 15) is 9.90 Å². The van der Waals surface area contributed by atoms with E-state index < -0.39 is 0 Å². The van der Waals surface area contributed by atoms with Gasteiger partial charge in [0.2, 0.25) is 5.91 Å². The highest BCUT2D eigenvalue weighted by molar-refractivity contribution is 6.01. The first-order valence-electron chi connectivity index (χ1n) is 7.76. The maximum Gasteiger partial charge on any atom is 0.240 e. The lowest BCUT2D eigenvalue weighted by Gasteiger charge is -2.05. The van der Waals surface area contributed by atoms with E-state index in [2.05, 4.69) is 17.5 Å². The first kappa shape index (κ1) is 17.2. The third-order valence-corrected chi connectivity index (χ3v) is 3.40. The Morgan fingerprint density at radius 1 is 1.14 bits per heavy atom. The Morgan fingerprint density at radius 3 is 2.52 bits per heavy atom. The molecule has 0 saturated heterocycles. The predicted octanol–water partition coefficient (Wildman–Crippen LogP) is 3.98. The van der Waals surface area contributed by atoms with Crippen molar-refractivity contribution in [1.82, 2.24) is 5.43 Å². The van der Waals surface area contributed by atoms with Crippen molar-refractivity contribution in [2.75, 3.05) is 0 Å². The Balaban J connectivity index is 2.29. The SMILES string of the molecule is CCCCCCCCC(=O)N/N=C(\C)c1ccccc1O. The van der Waals surface area contributed by atoms with Crippen LogP contribution in [0.2, 0.25) is 0 Å². The van der Waals surface area contributed by atoms with Crippen molar-refractivity contribution in [3.63, 3.8) is 0 Å². The number of para-hydroxylation sites is 1. The maximum atomic E-state index is 11.7. The van der Waals surface area contributed by atoms with E-state index in [-0.39, 0.29) is 11.7 Å². The standard InChI is InChI=1S/C17H26N2O2/c1-3-4-5-6-7-8-13-17(21)19-18-14(2)15-11-9-10-12-16(15)20/h9-12,20H,3-8,13H2,1-2H3,(H,19,21)/b18-14+. The zero-order valence-electron chi connectivity index (χ0n) is 13.1. The van der Waals surface area contributed by atoms with Gasteiger partial charge in [0.15, 0.2) is 0 Å². The van der Waals surface area contributed by atoms with Crippen molar-refractivity contribution >= 4 is 11.6 Å². The molecule has 0 radical (unpaired) electrons. The number of hydrogen-bond acceptors (Lipinski definition) is 3. The van der Waals surface area contributed by atoms with Crippen molar-refractivity contribution in [3.05, 3.63) is 29.8 Å². The van der Waals surface area contributed by atoms with E-state index in [0.29, 0.717) is 17.7 Å². The lowest BCUT2D eigenvalue weighted by molar-refractivity contribution is -0.121. The van der Waals surface area contributed by atoms with Crippen LogP contribution in [0.1, 0.15) is 64.4 Å². The van der Waals surface area contributed by atoms with Crippen molar-refractivity contribution in [2.45, 2.75) is 58.8 Å². The van der Waals surface area contributed by atoms with E-state index in [0.717, 1.165) is 12.8 Å². The quantitative estimate of drug-likeness (QED) is 0.410. The molecule has 0 atom stereocenters. The molecule has 0 unspecified atom stereocenters. The zero-order chi connectivity index (χ0) is 15.5. The molecular weight excluding hydrogens is 264 g/mol. The molecule has 0 bridgehead atoms. The van der Waals surface area contributed by atoms with E-state index in [1.165, 1.54) is 25.7 Å². The topological polar surface area (TPSA) is 61.7 Å². The summed E-state index contributed by atoms with van der Waals surface area (Å²) in [5, 5.41) is 13.7. The molecule has 0 spiro atoms. The molecule has 0 aliphatic carbocycles. The van der Waals surface area contributed by atoms with Crippen LogP contribution in [0.4, 0.5) is 0 Å². The van der Waals surface area contributed by atoms with Crippen LogP contribution in [-0.2, 0) is 4.79 Å². The molecule has 0 aliphatic rings. The van der Waals surface area contributed by atoms with Gasteiger partial charge in [0.05, 0.1) is 5.71 Å². The Hall–Kier alpha value is -1.84. The molecule has 0 aliphatic heterocycles. The number of aromatic hydroxyl groups is 1. The third kappa shape index (κ3) is 6.93. The van der Waals surface area contributed by atoms with Gasteiger partial charge in [-0.2, -0.15) is 5.10 Å². The Kier molecular flexibility index (Phi) is 8.17. The molecule has 4 nitrogen and oxygen atoms in total. The number of phenols is 1. The average molecular weight is 290 g/mol. The Labute approximate surface area is 127 Å². The number of nitrogens with zero attached hydrogens (tertiary/aromatic N) is 1. The summed E-state index contributed by atoms with van der Waals surface area (Å²) in [6, 6.07) is 6.95. The fourth-order valence-corrected chi connectivity index (χ4v) is 2.11. The van der Waals surface area contributed by atoms with E-state index in [1.807, 2.05) is 6.07 Å². The molecule has 0 fully saturated rings. The number of unbranched alkanes of at least 4 members (excludes halogenated alkanes) is 5. The van der Waals surface area contributed by atoms with Crippen LogP contribution in [0.15, 0.2) is 29.4 Å². The summed E-state index contributed by atoms with van der Waals surface area (Å²) in [5.41, 5.74) is 3.79. The minimum atomic E-state index is -0.0692. The first-order valence-corrected chi connectivity index (χ1v) is 7.76. The van der Waals surface area contributed by atoms with Gasteiger partial charge in [-0.1, -0.05) is 51.2 Å². The van der Waals surface area contributed by atoms with Gasteiger partial charge in [-0.25, -0.2) is 5.43 Å². The first-order chi connectivity index (χ1) is 10.1. The number of rotatable bonds is 9. The van der Waals surface area contributed by atoms with Crippen molar-refractivity contribution < 1.29 is 9.90 Å². The van der Waals surface area contributed by atoms with Crippen LogP contribution < -0.4 is 5.43 Å². The molecule has 0 aromatic heterocycles. The summed E-state index contributed by atoms with van der Waals surface area (Å²) in [7, 11) is 0. The van der Waals surface area contributed by atoms with Crippen molar-refractivity contribution in [1.29, 1.82) is 0 Å². The number of carbonyl (C=O) groups excluding carboxylic acids is 1. The van der Waals surface area contributed by atoms with Crippen molar-refractivity contribution in [2.24, 2.45) is 5.10 Å². The number of benzene rings is 1. The summed E-state index contributed by atoms with van der Waals surface area (Å²) >= 11 is 0. The molecule has 0 heterocycles. The van der Waals surface area contributed by atoms with Gasteiger partial charge in [0.1, 0.15) is 5.75 Å². The Morgan fingerprint density at radius 2 is 1.81 bits per heavy atom. The van der Waals surface area contributed by atoms with Crippen LogP contribution in [0.25, 0.3) is 0 Å².